The van der Waals surface area contributed by atoms with Crippen LogP contribution in [-0.2, 0) is 11.5 Å². The molecule has 1 amide bonds. The lowest BCUT2D eigenvalue weighted by Gasteiger charge is -2.20. The Morgan fingerprint density at radius 1 is 1.32 bits per heavy atom. The molecule has 2 aromatic rings. The number of benzene rings is 1. The number of hydrogen-bond donors (Lipinski definition) is 0. The predicted molar refractivity (Wildman–Crippen MR) is 98.0 cm³/mol. The van der Waals surface area contributed by atoms with Gasteiger partial charge in [0.1, 0.15) is 12.4 Å². The third-order valence-corrected chi connectivity index (χ3v) is 4.45. The van der Waals surface area contributed by atoms with E-state index in [-0.39, 0.29) is 5.91 Å². The molecule has 0 radical (unpaired) electrons. The standard InChI is InChI=1S/C17H19IN2O2/c1-4-10-19(11-5-2)17(21)16-15(18)13-8-6-7-9-14(13)20(16)12-22-3/h4-9H,1-2,10-12H2,3H3. The fourth-order valence-electron chi connectivity index (χ4n) is 2.44. The summed E-state index contributed by atoms with van der Waals surface area (Å²) in [4.78, 5) is 14.7. The highest BCUT2D eigenvalue weighted by atomic mass is 127. The quantitative estimate of drug-likeness (QED) is 0.516. The molecule has 0 atom stereocenters. The molecule has 0 aliphatic heterocycles. The summed E-state index contributed by atoms with van der Waals surface area (Å²) < 4.78 is 8.14. The molecule has 0 N–H and O–H groups in total. The number of fused-ring (bicyclic) bond motifs is 1. The van der Waals surface area contributed by atoms with E-state index in [9.17, 15) is 4.79 Å². The first-order valence-corrected chi connectivity index (χ1v) is 8.00. The van der Waals surface area contributed by atoms with Crippen molar-refractivity contribution in [3.05, 3.63) is 58.8 Å². The number of hydrogen-bond acceptors (Lipinski definition) is 2. The molecule has 2 rings (SSSR count). The molecule has 22 heavy (non-hydrogen) atoms. The molecule has 4 nitrogen and oxygen atoms in total. The predicted octanol–water partition coefficient (Wildman–Crippen LogP) is 3.66. The van der Waals surface area contributed by atoms with Crippen molar-refractivity contribution in [1.29, 1.82) is 0 Å². The van der Waals surface area contributed by atoms with E-state index in [2.05, 4.69) is 35.7 Å². The van der Waals surface area contributed by atoms with Crippen LogP contribution in [0.2, 0.25) is 0 Å². The molecule has 0 saturated carbocycles. The summed E-state index contributed by atoms with van der Waals surface area (Å²) in [5, 5.41) is 1.06. The van der Waals surface area contributed by atoms with E-state index >= 15 is 0 Å². The lowest BCUT2D eigenvalue weighted by molar-refractivity contribution is 0.0756. The normalized spacial score (nSPS) is 10.6. The Hall–Kier alpha value is -1.60. The molecular weight excluding hydrogens is 391 g/mol. The third-order valence-electron chi connectivity index (χ3n) is 3.36. The van der Waals surface area contributed by atoms with Gasteiger partial charge >= 0.3 is 0 Å². The molecule has 0 unspecified atom stereocenters. The largest absolute Gasteiger partial charge is 0.364 e. The van der Waals surface area contributed by atoms with Crippen LogP contribution in [0, 0.1) is 3.57 Å². The Bertz CT molecular complexity index is 696. The summed E-state index contributed by atoms with van der Waals surface area (Å²) >= 11 is 2.23. The Morgan fingerprint density at radius 2 is 1.95 bits per heavy atom. The SMILES string of the molecule is C=CCN(CC=C)C(=O)c1c(I)c2ccccc2n1COC. The minimum Gasteiger partial charge on any atom is -0.364 e. The maximum Gasteiger partial charge on any atom is 0.272 e. The first-order chi connectivity index (χ1) is 10.7. The molecule has 1 aromatic heterocycles. The van der Waals surface area contributed by atoms with E-state index in [0.29, 0.717) is 25.5 Å². The zero-order chi connectivity index (χ0) is 16.1. The zero-order valence-electron chi connectivity index (χ0n) is 12.6. The number of carbonyl (C=O) groups excluding carboxylic acids is 1. The van der Waals surface area contributed by atoms with Gasteiger partial charge in [0.25, 0.3) is 5.91 Å². The summed E-state index contributed by atoms with van der Waals surface area (Å²) in [6.45, 7) is 8.74. The van der Waals surface area contributed by atoms with Gasteiger partial charge in [-0.25, -0.2) is 0 Å². The van der Waals surface area contributed by atoms with E-state index in [1.807, 2.05) is 28.8 Å². The molecule has 0 spiro atoms. The first kappa shape index (κ1) is 16.8. The smallest absolute Gasteiger partial charge is 0.272 e. The highest BCUT2D eigenvalue weighted by Gasteiger charge is 2.24. The van der Waals surface area contributed by atoms with Crippen LogP contribution in [-0.4, -0.2) is 35.6 Å². The molecular formula is C17H19IN2O2. The number of rotatable bonds is 7. The minimum absolute atomic E-state index is 0.0440. The summed E-state index contributed by atoms with van der Waals surface area (Å²) in [5.41, 5.74) is 1.64. The van der Waals surface area contributed by atoms with Crippen molar-refractivity contribution in [2.24, 2.45) is 0 Å². The number of nitrogens with zero attached hydrogens (tertiary/aromatic N) is 2. The van der Waals surface area contributed by atoms with E-state index < -0.39 is 0 Å². The van der Waals surface area contributed by atoms with Crippen molar-refractivity contribution in [2.45, 2.75) is 6.73 Å². The zero-order valence-corrected chi connectivity index (χ0v) is 14.7. The van der Waals surface area contributed by atoms with Gasteiger partial charge in [-0.3, -0.25) is 4.79 Å². The van der Waals surface area contributed by atoms with Crippen LogP contribution in [0.15, 0.2) is 49.6 Å². The maximum atomic E-state index is 13.0. The van der Waals surface area contributed by atoms with Crippen molar-refractivity contribution < 1.29 is 9.53 Å². The molecule has 0 aliphatic carbocycles. The van der Waals surface area contributed by atoms with E-state index in [1.54, 1.807) is 24.2 Å². The monoisotopic (exact) mass is 410 g/mol. The van der Waals surface area contributed by atoms with E-state index in [0.717, 1.165) is 14.5 Å². The van der Waals surface area contributed by atoms with E-state index in [1.165, 1.54) is 0 Å². The van der Waals surface area contributed by atoms with Crippen LogP contribution in [0.25, 0.3) is 10.9 Å². The van der Waals surface area contributed by atoms with Crippen molar-refractivity contribution >= 4 is 39.4 Å². The second kappa shape index (κ2) is 7.60. The number of aromatic nitrogens is 1. The van der Waals surface area contributed by atoms with Gasteiger partial charge in [0, 0.05) is 25.6 Å². The second-order valence-corrected chi connectivity index (χ2v) is 5.89. The number of ether oxygens (including phenoxy) is 1. The molecule has 5 heteroatoms. The van der Waals surface area contributed by atoms with Crippen molar-refractivity contribution in [1.82, 2.24) is 9.47 Å². The first-order valence-electron chi connectivity index (χ1n) is 6.92. The third kappa shape index (κ3) is 3.10. The molecule has 0 fully saturated rings. The molecule has 0 saturated heterocycles. The van der Waals surface area contributed by atoms with Gasteiger partial charge in [-0.2, -0.15) is 0 Å². The van der Waals surface area contributed by atoms with Crippen LogP contribution in [0.5, 0.6) is 0 Å². The van der Waals surface area contributed by atoms with Crippen molar-refractivity contribution in [3.63, 3.8) is 0 Å². The lowest BCUT2D eigenvalue weighted by atomic mass is 10.2. The van der Waals surface area contributed by atoms with Crippen LogP contribution < -0.4 is 0 Å². The molecule has 1 aromatic carbocycles. The lowest BCUT2D eigenvalue weighted by Crippen LogP contribution is -2.33. The Labute approximate surface area is 144 Å². The Balaban J connectivity index is 2.59. The summed E-state index contributed by atoms with van der Waals surface area (Å²) in [6.07, 6.45) is 3.44. The fourth-order valence-corrected chi connectivity index (χ4v) is 3.41. The highest BCUT2D eigenvalue weighted by molar-refractivity contribution is 14.1. The maximum absolute atomic E-state index is 13.0. The summed E-state index contributed by atoms with van der Waals surface area (Å²) in [7, 11) is 1.63. The molecule has 0 aliphatic rings. The second-order valence-electron chi connectivity index (χ2n) is 4.81. The molecule has 0 bridgehead atoms. The van der Waals surface area contributed by atoms with Crippen molar-refractivity contribution in [2.75, 3.05) is 20.2 Å². The highest BCUT2D eigenvalue weighted by Crippen LogP contribution is 2.28. The number of para-hydroxylation sites is 1. The number of carbonyl (C=O) groups is 1. The van der Waals surface area contributed by atoms with Crippen molar-refractivity contribution in [3.8, 4) is 0 Å². The molecule has 116 valence electrons. The van der Waals surface area contributed by atoms with Crippen LogP contribution >= 0.6 is 22.6 Å². The average Bonchev–Trinajstić information content (AvgIpc) is 2.80. The topological polar surface area (TPSA) is 34.5 Å². The van der Waals surface area contributed by atoms with Gasteiger partial charge in [-0.15, -0.1) is 13.2 Å². The fraction of sp³-hybridized carbons (Fsp3) is 0.235. The van der Waals surface area contributed by atoms with Crippen LogP contribution in [0.3, 0.4) is 0 Å². The van der Waals surface area contributed by atoms with Gasteiger partial charge < -0.3 is 14.2 Å². The van der Waals surface area contributed by atoms with Crippen LogP contribution in [0.1, 0.15) is 10.5 Å². The minimum atomic E-state index is -0.0440. The van der Waals surface area contributed by atoms with Gasteiger partial charge in [-0.1, -0.05) is 30.4 Å². The van der Waals surface area contributed by atoms with E-state index in [4.69, 9.17) is 4.74 Å². The average molecular weight is 410 g/mol. The van der Waals surface area contributed by atoms with Gasteiger partial charge in [-0.05, 0) is 28.7 Å². The Kier molecular flexibility index (Phi) is 5.79. The number of halogens is 1. The number of methoxy groups -OCH3 is 1. The molecule has 1 heterocycles. The van der Waals surface area contributed by atoms with Gasteiger partial charge in [0.15, 0.2) is 0 Å². The Morgan fingerprint density at radius 3 is 2.55 bits per heavy atom. The van der Waals surface area contributed by atoms with Crippen LogP contribution in [0.4, 0.5) is 0 Å². The van der Waals surface area contributed by atoms with Gasteiger partial charge in [0.05, 0.1) is 9.09 Å². The summed E-state index contributed by atoms with van der Waals surface area (Å²) in [5.74, 6) is -0.0440. The van der Waals surface area contributed by atoms with Gasteiger partial charge in [0.2, 0.25) is 0 Å². The number of amides is 1. The summed E-state index contributed by atoms with van der Waals surface area (Å²) in [6, 6.07) is 7.95.